The van der Waals surface area contributed by atoms with E-state index in [1.807, 2.05) is 0 Å². The number of ether oxygens (including phenoxy) is 1. The summed E-state index contributed by atoms with van der Waals surface area (Å²) in [5, 5.41) is 6.25. The van der Waals surface area contributed by atoms with Crippen LogP contribution in [-0.4, -0.2) is 37.9 Å². The second kappa shape index (κ2) is 10.7. The molecule has 0 radical (unpaired) electrons. The van der Waals surface area contributed by atoms with E-state index < -0.39 is 17.7 Å². The topological polar surface area (TPSA) is 169 Å². The largest absolute Gasteiger partial charge is 0.452 e. The van der Waals surface area contributed by atoms with Crippen molar-refractivity contribution in [2.45, 2.75) is 13.0 Å². The number of carbonyl (C=O) groups excluding carboxylic acids is 1. The zero-order chi connectivity index (χ0) is 28.4. The van der Waals surface area contributed by atoms with Gasteiger partial charge in [0.1, 0.15) is 22.8 Å². The van der Waals surface area contributed by atoms with E-state index in [0.717, 1.165) is 11.1 Å². The molecule has 5 rings (SSSR count). The van der Waals surface area contributed by atoms with E-state index in [2.05, 4.69) is 20.1 Å². The molecular weight excluding hydrogens is 524 g/mol. The van der Waals surface area contributed by atoms with Crippen LogP contribution in [-0.2, 0) is 17.7 Å². The fourth-order valence-electron chi connectivity index (χ4n) is 4.18. The molecule has 12 nitrogen and oxygen atoms in total. The highest BCUT2D eigenvalue weighted by Crippen LogP contribution is 2.32. The molecule has 3 aromatic heterocycles. The van der Waals surface area contributed by atoms with Crippen molar-refractivity contribution < 1.29 is 23.5 Å². The maximum atomic E-state index is 14.4. The Morgan fingerprint density at radius 1 is 1.07 bits per heavy atom. The summed E-state index contributed by atoms with van der Waals surface area (Å²) in [6, 6.07) is 13.7. The number of hydrogen-bond donors (Lipinski definition) is 3. The number of pyridine rings is 1. The first-order valence-electron chi connectivity index (χ1n) is 11.8. The van der Waals surface area contributed by atoms with Crippen LogP contribution in [0.2, 0.25) is 0 Å². The number of nitrogens with two attached hydrogens (primary N) is 2. The number of anilines is 3. The lowest BCUT2D eigenvalue weighted by atomic mass is 10.1. The summed E-state index contributed by atoms with van der Waals surface area (Å²) in [4.78, 5) is 37.4. The molecule has 0 aliphatic carbocycles. The molecule has 3 heterocycles. The second-order valence-electron chi connectivity index (χ2n) is 8.65. The molecular formula is C26H22F2N9O3+. The minimum atomic E-state index is -0.788. The molecule has 5 aromatic rings. The number of benzene rings is 2. The van der Waals surface area contributed by atoms with Crippen LogP contribution < -0.4 is 21.5 Å². The van der Waals surface area contributed by atoms with Gasteiger partial charge in [-0.2, -0.15) is 19.7 Å². The van der Waals surface area contributed by atoms with Crippen molar-refractivity contribution in [2.24, 2.45) is 0 Å². The van der Waals surface area contributed by atoms with Gasteiger partial charge < -0.3 is 16.2 Å². The molecule has 14 heteroatoms. The molecule has 0 aliphatic heterocycles. The Kier molecular flexibility index (Phi) is 6.97. The second-order valence-corrected chi connectivity index (χ2v) is 8.65. The van der Waals surface area contributed by atoms with E-state index in [-0.39, 0.29) is 41.8 Å². The molecule has 0 unspecified atom stereocenters. The quantitative estimate of drug-likeness (QED) is 0.278. The number of nitrogen functional groups attached to an aromatic ring is 2. The SMILES string of the molecule is COC(=O)N(Cc1ccc([NH+]=O)cc1)c1c(N)nc(-n2nc(Cc3ccccc3F)c3ncc(F)cc32)nc1N. The van der Waals surface area contributed by atoms with Crippen molar-refractivity contribution in [2.75, 3.05) is 23.5 Å². The Labute approximate surface area is 225 Å². The van der Waals surface area contributed by atoms with Gasteiger partial charge in [-0.15, -0.1) is 0 Å². The molecule has 0 saturated carbocycles. The monoisotopic (exact) mass is 546 g/mol. The van der Waals surface area contributed by atoms with E-state index in [1.54, 1.807) is 47.6 Å². The number of nitroso groups, excluding NO2 is 1. The van der Waals surface area contributed by atoms with Gasteiger partial charge in [0.15, 0.2) is 11.6 Å². The summed E-state index contributed by atoms with van der Waals surface area (Å²) < 4.78 is 34.7. The molecule has 2 aromatic carbocycles. The molecule has 5 N–H and O–H groups in total. The third-order valence-corrected chi connectivity index (χ3v) is 6.07. The number of rotatable bonds is 7. The fourth-order valence-corrected chi connectivity index (χ4v) is 4.18. The zero-order valence-electron chi connectivity index (χ0n) is 21.0. The molecule has 0 saturated heterocycles. The van der Waals surface area contributed by atoms with Gasteiger partial charge in [0.05, 0.1) is 31.1 Å². The fraction of sp³-hybridized carbons (Fsp3) is 0.115. The summed E-state index contributed by atoms with van der Waals surface area (Å²) in [5.41, 5.74) is 14.7. The number of methoxy groups -OCH3 is 1. The van der Waals surface area contributed by atoms with Gasteiger partial charge >= 0.3 is 6.09 Å². The molecule has 202 valence electrons. The Hall–Kier alpha value is -5.53. The lowest BCUT2D eigenvalue weighted by molar-refractivity contribution is -0.379. The van der Waals surface area contributed by atoms with Gasteiger partial charge in [-0.3, -0.25) is 4.90 Å². The van der Waals surface area contributed by atoms with Gasteiger partial charge in [-0.1, -0.05) is 30.3 Å². The van der Waals surface area contributed by atoms with Crippen LogP contribution in [0.5, 0.6) is 0 Å². The molecule has 0 bridgehead atoms. The number of nitrogens with zero attached hydrogens (tertiary/aromatic N) is 6. The number of aromatic nitrogens is 5. The maximum absolute atomic E-state index is 14.4. The summed E-state index contributed by atoms with van der Waals surface area (Å²) in [5.74, 6) is -1.56. The van der Waals surface area contributed by atoms with E-state index in [9.17, 15) is 18.5 Å². The molecule has 0 fully saturated rings. The van der Waals surface area contributed by atoms with Gasteiger partial charge in [-0.05, 0) is 17.2 Å². The minimum absolute atomic E-state index is 0.0195. The van der Waals surface area contributed by atoms with Crippen LogP contribution in [0.4, 0.5) is 36.6 Å². The Morgan fingerprint density at radius 2 is 1.77 bits per heavy atom. The highest BCUT2D eigenvalue weighted by Gasteiger charge is 2.26. The highest BCUT2D eigenvalue weighted by molar-refractivity contribution is 5.95. The predicted molar refractivity (Wildman–Crippen MR) is 141 cm³/mol. The lowest BCUT2D eigenvalue weighted by Crippen LogP contribution is -2.55. The van der Waals surface area contributed by atoms with Gasteiger partial charge in [0.25, 0.3) is 11.6 Å². The molecule has 40 heavy (non-hydrogen) atoms. The van der Waals surface area contributed by atoms with E-state index in [0.29, 0.717) is 28.0 Å². The number of halogens is 2. The van der Waals surface area contributed by atoms with Gasteiger partial charge in [-0.25, -0.2) is 18.6 Å². The van der Waals surface area contributed by atoms with Crippen molar-refractivity contribution in [3.63, 3.8) is 0 Å². The van der Waals surface area contributed by atoms with Crippen molar-refractivity contribution in [3.8, 4) is 5.95 Å². The van der Waals surface area contributed by atoms with E-state index >= 15 is 0 Å². The smallest absolute Gasteiger partial charge is 0.414 e. The number of fused-ring (bicyclic) bond motifs is 1. The van der Waals surface area contributed by atoms with Crippen LogP contribution in [0.3, 0.4) is 0 Å². The van der Waals surface area contributed by atoms with Crippen LogP contribution in [0.25, 0.3) is 17.0 Å². The molecule has 0 atom stereocenters. The van der Waals surface area contributed by atoms with E-state index in [4.69, 9.17) is 16.2 Å². The van der Waals surface area contributed by atoms with Gasteiger partial charge in [0.2, 0.25) is 0 Å². The first-order chi connectivity index (χ1) is 19.3. The van der Waals surface area contributed by atoms with Crippen molar-refractivity contribution >= 4 is 40.1 Å². The van der Waals surface area contributed by atoms with Crippen molar-refractivity contribution in [1.29, 1.82) is 0 Å². The number of amides is 1. The number of nitrogens with one attached hydrogen (secondary N) is 1. The van der Waals surface area contributed by atoms with Gasteiger partial charge in [0, 0.05) is 34.7 Å². The number of carbonyl (C=O) groups is 1. The standard InChI is InChI=1S/C26H21F2N9O3/c1-40-26(38)36(13-14-6-8-17(35-39)9-7-14)22-23(29)32-25(33-24(22)30)37-20-11-16(27)12-31-21(20)19(34-37)10-15-4-2-3-5-18(15)28/h2-9,11-12H,10,13H2,1H3,(H4,29,30,32,33)/p+1. The molecule has 0 aliphatic rings. The minimum Gasteiger partial charge on any atom is -0.452 e. The average Bonchev–Trinajstić information content (AvgIpc) is 3.30. The molecule has 1 amide bonds. The predicted octanol–water partition coefficient (Wildman–Crippen LogP) is 2.50. The number of hydrogen-bond acceptors (Lipinski definition) is 9. The lowest BCUT2D eigenvalue weighted by Gasteiger charge is -2.23. The van der Waals surface area contributed by atoms with Crippen LogP contribution in [0, 0.1) is 16.5 Å². The highest BCUT2D eigenvalue weighted by atomic mass is 19.1. The first kappa shape index (κ1) is 26.1. The third-order valence-electron chi connectivity index (χ3n) is 6.07. The van der Waals surface area contributed by atoms with Crippen LogP contribution >= 0.6 is 0 Å². The normalized spacial score (nSPS) is 11.0. The average molecular weight is 547 g/mol. The first-order valence-corrected chi connectivity index (χ1v) is 11.8. The molecule has 0 spiro atoms. The summed E-state index contributed by atoms with van der Waals surface area (Å²) in [7, 11) is 1.19. The summed E-state index contributed by atoms with van der Waals surface area (Å²) in [6.07, 6.45) is 0.303. The van der Waals surface area contributed by atoms with Crippen molar-refractivity contribution in [1.82, 2.24) is 24.7 Å². The Balaban J connectivity index is 1.58. The van der Waals surface area contributed by atoms with E-state index in [1.165, 1.54) is 23.9 Å². The Morgan fingerprint density at radius 3 is 2.42 bits per heavy atom. The van der Waals surface area contributed by atoms with Crippen LogP contribution in [0.1, 0.15) is 16.8 Å². The summed E-state index contributed by atoms with van der Waals surface area (Å²) in [6.45, 7) is -0.0322. The summed E-state index contributed by atoms with van der Waals surface area (Å²) >= 11 is 0. The maximum Gasteiger partial charge on any atom is 0.414 e. The third kappa shape index (κ3) is 4.97. The Bertz CT molecular complexity index is 1720. The van der Waals surface area contributed by atoms with Crippen molar-refractivity contribution in [3.05, 3.63) is 94.2 Å². The zero-order valence-corrected chi connectivity index (χ0v) is 21.0. The van der Waals surface area contributed by atoms with Crippen LogP contribution in [0.15, 0.2) is 60.8 Å².